The Morgan fingerprint density at radius 2 is 2.33 bits per heavy atom. The Kier molecular flexibility index (Phi) is 5.63. The van der Waals surface area contributed by atoms with E-state index in [1.165, 1.54) is 18.6 Å². The normalized spacial score (nSPS) is 30.8. The maximum Gasteiger partial charge on any atom is 0.191 e. The summed E-state index contributed by atoms with van der Waals surface area (Å²) in [5.74, 6) is 2.14. The van der Waals surface area contributed by atoms with E-state index in [0.29, 0.717) is 18.2 Å². The second-order valence-electron chi connectivity index (χ2n) is 4.97. The summed E-state index contributed by atoms with van der Waals surface area (Å²) in [6.45, 7) is 3.92. The summed E-state index contributed by atoms with van der Waals surface area (Å²) in [5, 5.41) is 6.85. The number of guanidine groups is 1. The summed E-state index contributed by atoms with van der Waals surface area (Å²) in [7, 11) is 0. The maximum atomic E-state index is 5.86. The lowest BCUT2D eigenvalue weighted by Crippen LogP contribution is -2.47. The molecule has 0 amide bonds. The molecule has 2 bridgehead atoms. The fraction of sp³-hybridized carbons (Fsp3) is 0.923. The van der Waals surface area contributed by atoms with Crippen LogP contribution in [0.15, 0.2) is 4.99 Å². The van der Waals surface area contributed by atoms with Gasteiger partial charge in [0.15, 0.2) is 5.96 Å². The Morgan fingerprint density at radius 1 is 1.44 bits per heavy atom. The summed E-state index contributed by atoms with van der Waals surface area (Å²) in [6, 6.07) is 0.460. The van der Waals surface area contributed by atoms with Crippen LogP contribution in [0.1, 0.15) is 32.6 Å². The predicted molar refractivity (Wildman–Crippen MR) is 78.4 cm³/mol. The third kappa shape index (κ3) is 3.79. The highest BCUT2D eigenvalue weighted by atomic mass is 32.2. The molecule has 2 aliphatic heterocycles. The lowest BCUT2D eigenvalue weighted by Gasteiger charge is -2.22. The number of rotatable bonds is 6. The second-order valence-corrected chi connectivity index (χ2v) is 5.95. The number of nitrogens with one attached hydrogen (secondary N) is 2. The van der Waals surface area contributed by atoms with Crippen LogP contribution in [0.3, 0.4) is 0 Å². The third-order valence-corrected chi connectivity index (χ3v) is 4.25. The SMILES string of the molecule is CCNC(=NCCCSC)NC1CC2CCC1O2. The molecular formula is C13H25N3OS. The van der Waals surface area contributed by atoms with Crippen LogP contribution in [0.25, 0.3) is 0 Å². The van der Waals surface area contributed by atoms with E-state index < -0.39 is 0 Å². The van der Waals surface area contributed by atoms with Gasteiger partial charge in [-0.1, -0.05) is 0 Å². The van der Waals surface area contributed by atoms with Crippen LogP contribution in [-0.4, -0.2) is 49.3 Å². The van der Waals surface area contributed by atoms with E-state index in [4.69, 9.17) is 4.74 Å². The van der Waals surface area contributed by atoms with Crippen LogP contribution < -0.4 is 10.6 Å². The topological polar surface area (TPSA) is 45.7 Å². The summed E-state index contributed by atoms with van der Waals surface area (Å²) in [5.41, 5.74) is 0. The van der Waals surface area contributed by atoms with Crippen molar-refractivity contribution >= 4 is 17.7 Å². The van der Waals surface area contributed by atoms with Gasteiger partial charge in [-0.05, 0) is 44.6 Å². The molecule has 0 aromatic heterocycles. The van der Waals surface area contributed by atoms with Crippen molar-refractivity contribution in [3.8, 4) is 0 Å². The average molecular weight is 271 g/mol. The van der Waals surface area contributed by atoms with E-state index in [1.54, 1.807) is 0 Å². The molecule has 3 atom stereocenters. The van der Waals surface area contributed by atoms with Crippen LogP contribution in [-0.2, 0) is 4.74 Å². The van der Waals surface area contributed by atoms with Gasteiger partial charge in [0.05, 0.1) is 18.2 Å². The Morgan fingerprint density at radius 3 is 2.94 bits per heavy atom. The van der Waals surface area contributed by atoms with E-state index >= 15 is 0 Å². The third-order valence-electron chi connectivity index (χ3n) is 3.55. The number of hydrogen-bond donors (Lipinski definition) is 2. The van der Waals surface area contributed by atoms with Crippen molar-refractivity contribution in [1.29, 1.82) is 0 Å². The van der Waals surface area contributed by atoms with Gasteiger partial charge in [-0.15, -0.1) is 0 Å². The Bertz CT molecular complexity index is 285. The molecule has 2 aliphatic rings. The maximum absolute atomic E-state index is 5.86. The average Bonchev–Trinajstić information content (AvgIpc) is 2.97. The van der Waals surface area contributed by atoms with Gasteiger partial charge in [-0.25, -0.2) is 0 Å². The molecule has 0 radical (unpaired) electrons. The van der Waals surface area contributed by atoms with Gasteiger partial charge in [0.2, 0.25) is 0 Å². The molecule has 0 aliphatic carbocycles. The highest BCUT2D eigenvalue weighted by Crippen LogP contribution is 2.34. The molecule has 0 spiro atoms. The van der Waals surface area contributed by atoms with E-state index in [9.17, 15) is 0 Å². The first-order chi connectivity index (χ1) is 8.83. The number of aliphatic imine (C=N–C) groups is 1. The van der Waals surface area contributed by atoms with E-state index in [2.05, 4.69) is 28.8 Å². The fourth-order valence-corrected chi connectivity index (χ4v) is 3.10. The van der Waals surface area contributed by atoms with Crippen LogP contribution in [0.5, 0.6) is 0 Å². The van der Waals surface area contributed by atoms with Crippen molar-refractivity contribution < 1.29 is 4.74 Å². The van der Waals surface area contributed by atoms with Crippen LogP contribution in [0.2, 0.25) is 0 Å². The van der Waals surface area contributed by atoms with Crippen molar-refractivity contribution in [2.75, 3.05) is 25.1 Å². The summed E-state index contributed by atoms with van der Waals surface area (Å²) in [6.07, 6.45) is 7.76. The minimum absolute atomic E-state index is 0.407. The van der Waals surface area contributed by atoms with Gasteiger partial charge in [0.25, 0.3) is 0 Å². The van der Waals surface area contributed by atoms with E-state index in [-0.39, 0.29) is 0 Å². The van der Waals surface area contributed by atoms with Crippen molar-refractivity contribution in [2.24, 2.45) is 4.99 Å². The molecule has 18 heavy (non-hydrogen) atoms. The number of thioether (sulfide) groups is 1. The molecule has 2 heterocycles. The first-order valence-electron chi connectivity index (χ1n) is 7.02. The zero-order valence-corrected chi connectivity index (χ0v) is 12.3. The van der Waals surface area contributed by atoms with Gasteiger partial charge in [0, 0.05) is 13.1 Å². The Hall–Kier alpha value is -0.420. The minimum atomic E-state index is 0.407. The van der Waals surface area contributed by atoms with Gasteiger partial charge >= 0.3 is 0 Å². The molecule has 3 unspecified atom stereocenters. The summed E-state index contributed by atoms with van der Waals surface area (Å²) < 4.78 is 5.86. The molecular weight excluding hydrogens is 246 g/mol. The smallest absolute Gasteiger partial charge is 0.191 e. The molecule has 0 aromatic rings. The molecule has 2 rings (SSSR count). The molecule has 2 N–H and O–H groups in total. The molecule has 4 nitrogen and oxygen atoms in total. The standard InChI is InChI=1S/C13H25N3OS/c1-3-14-13(15-7-4-8-18-2)16-11-9-10-5-6-12(11)17-10/h10-12H,3-9H2,1-2H3,(H2,14,15,16). The zero-order chi connectivity index (χ0) is 12.8. The van der Waals surface area contributed by atoms with Gasteiger partial charge < -0.3 is 15.4 Å². The summed E-state index contributed by atoms with van der Waals surface area (Å²) in [4.78, 5) is 4.62. The molecule has 0 aromatic carbocycles. The highest BCUT2D eigenvalue weighted by molar-refractivity contribution is 7.98. The van der Waals surface area contributed by atoms with Crippen molar-refractivity contribution in [3.05, 3.63) is 0 Å². The molecule has 5 heteroatoms. The highest BCUT2D eigenvalue weighted by Gasteiger charge is 2.41. The number of ether oxygens (including phenoxy) is 1. The lowest BCUT2D eigenvalue weighted by atomic mass is 9.96. The van der Waals surface area contributed by atoms with E-state index in [0.717, 1.165) is 31.9 Å². The zero-order valence-electron chi connectivity index (χ0n) is 11.4. The van der Waals surface area contributed by atoms with Gasteiger partial charge in [-0.3, -0.25) is 4.99 Å². The van der Waals surface area contributed by atoms with Crippen molar-refractivity contribution in [2.45, 2.75) is 50.9 Å². The van der Waals surface area contributed by atoms with E-state index in [1.807, 2.05) is 11.8 Å². The van der Waals surface area contributed by atoms with Crippen molar-refractivity contribution in [3.63, 3.8) is 0 Å². The lowest BCUT2D eigenvalue weighted by molar-refractivity contribution is 0.0992. The first kappa shape index (κ1) is 14.0. The predicted octanol–water partition coefficient (Wildman–Crippen LogP) is 1.61. The second kappa shape index (κ2) is 7.24. The van der Waals surface area contributed by atoms with Crippen molar-refractivity contribution in [1.82, 2.24) is 10.6 Å². The number of hydrogen-bond acceptors (Lipinski definition) is 3. The van der Waals surface area contributed by atoms with Gasteiger partial charge in [-0.2, -0.15) is 11.8 Å². The quantitative estimate of drug-likeness (QED) is 0.438. The monoisotopic (exact) mass is 271 g/mol. The summed E-state index contributed by atoms with van der Waals surface area (Å²) >= 11 is 1.88. The molecule has 104 valence electrons. The molecule has 0 saturated carbocycles. The van der Waals surface area contributed by atoms with Crippen LogP contribution in [0.4, 0.5) is 0 Å². The Labute approximate surface area is 114 Å². The fourth-order valence-electron chi connectivity index (χ4n) is 2.69. The first-order valence-corrected chi connectivity index (χ1v) is 8.42. The van der Waals surface area contributed by atoms with Crippen LogP contribution in [0, 0.1) is 0 Å². The van der Waals surface area contributed by atoms with Crippen LogP contribution >= 0.6 is 11.8 Å². The minimum Gasteiger partial charge on any atom is -0.373 e. The Balaban J connectivity index is 1.78. The molecule has 2 fully saturated rings. The molecule has 2 saturated heterocycles. The number of fused-ring (bicyclic) bond motifs is 2. The van der Waals surface area contributed by atoms with Gasteiger partial charge in [0.1, 0.15) is 0 Å². The number of nitrogens with zero attached hydrogens (tertiary/aromatic N) is 1. The largest absolute Gasteiger partial charge is 0.373 e.